The predicted molar refractivity (Wildman–Crippen MR) is 89.0 cm³/mol. The molecule has 1 aliphatic rings. The average Bonchev–Trinajstić information content (AvgIpc) is 2.98. The number of likely N-dealkylation sites (N-methyl/N-ethyl adjacent to an activating group) is 1. The Hall–Kier alpha value is -2.47. The number of rotatable bonds is 2. The van der Waals surface area contributed by atoms with Gasteiger partial charge in [-0.3, -0.25) is 0 Å². The van der Waals surface area contributed by atoms with Crippen LogP contribution in [-0.4, -0.2) is 53.1 Å². The molecule has 0 unspecified atom stereocenters. The fourth-order valence-electron chi connectivity index (χ4n) is 3.01. The zero-order chi connectivity index (χ0) is 15.8. The minimum Gasteiger partial charge on any atom is -0.354 e. The summed E-state index contributed by atoms with van der Waals surface area (Å²) < 4.78 is 13.5. The summed E-state index contributed by atoms with van der Waals surface area (Å²) >= 11 is 0. The largest absolute Gasteiger partial charge is 0.354 e. The van der Waals surface area contributed by atoms with E-state index in [4.69, 9.17) is 0 Å². The summed E-state index contributed by atoms with van der Waals surface area (Å²) in [6, 6.07) is 5.54. The Morgan fingerprint density at radius 3 is 2.78 bits per heavy atom. The fraction of sp³-hybridized carbons (Fsp3) is 0.294. The molecule has 0 aliphatic carbocycles. The van der Waals surface area contributed by atoms with Gasteiger partial charge in [-0.05, 0) is 30.8 Å². The first kappa shape index (κ1) is 14.1. The van der Waals surface area contributed by atoms with Gasteiger partial charge >= 0.3 is 0 Å². The molecule has 1 aliphatic heterocycles. The van der Waals surface area contributed by atoms with Gasteiger partial charge < -0.3 is 14.8 Å². The smallest absolute Gasteiger partial charge is 0.142 e. The maximum absolute atomic E-state index is 13.5. The lowest BCUT2D eigenvalue weighted by atomic mass is 10.1. The van der Waals surface area contributed by atoms with Crippen LogP contribution in [0.25, 0.3) is 22.2 Å². The highest BCUT2D eigenvalue weighted by molar-refractivity contribution is 5.93. The molecule has 0 radical (unpaired) electrons. The number of anilines is 1. The Labute approximate surface area is 133 Å². The lowest BCUT2D eigenvalue weighted by Gasteiger charge is -2.33. The summed E-state index contributed by atoms with van der Waals surface area (Å²) in [5.41, 5.74) is 2.66. The SMILES string of the molecule is CN1CCN(c2cc(-c3c[nH]c4ncc(F)cc34)ccn2)CC1. The second-order valence-corrected chi connectivity index (χ2v) is 5.95. The van der Waals surface area contributed by atoms with Gasteiger partial charge in [-0.25, -0.2) is 14.4 Å². The van der Waals surface area contributed by atoms with E-state index in [9.17, 15) is 4.39 Å². The van der Waals surface area contributed by atoms with Crippen LogP contribution in [0.2, 0.25) is 0 Å². The topological polar surface area (TPSA) is 48.0 Å². The van der Waals surface area contributed by atoms with Crippen molar-refractivity contribution >= 4 is 16.9 Å². The van der Waals surface area contributed by atoms with Crippen LogP contribution >= 0.6 is 0 Å². The number of H-pyrrole nitrogens is 1. The van der Waals surface area contributed by atoms with E-state index < -0.39 is 0 Å². The van der Waals surface area contributed by atoms with Gasteiger partial charge in [0, 0.05) is 49.5 Å². The monoisotopic (exact) mass is 311 g/mol. The van der Waals surface area contributed by atoms with E-state index in [1.54, 1.807) is 0 Å². The van der Waals surface area contributed by atoms with E-state index in [1.165, 1.54) is 12.3 Å². The molecule has 4 heterocycles. The molecule has 0 amide bonds. The van der Waals surface area contributed by atoms with Crippen molar-refractivity contribution in [3.05, 3.63) is 42.6 Å². The third-order valence-electron chi connectivity index (χ3n) is 4.38. The van der Waals surface area contributed by atoms with Crippen LogP contribution in [0.4, 0.5) is 10.2 Å². The molecule has 1 saturated heterocycles. The molecular formula is C17H18FN5. The van der Waals surface area contributed by atoms with Crippen molar-refractivity contribution in [2.45, 2.75) is 0 Å². The highest BCUT2D eigenvalue weighted by Gasteiger charge is 2.16. The molecule has 4 rings (SSSR count). The van der Waals surface area contributed by atoms with Crippen LogP contribution < -0.4 is 4.90 Å². The Balaban J connectivity index is 1.71. The van der Waals surface area contributed by atoms with E-state index in [0.717, 1.165) is 48.5 Å². The first-order valence-electron chi connectivity index (χ1n) is 7.73. The minimum atomic E-state index is -0.327. The highest BCUT2D eigenvalue weighted by Crippen LogP contribution is 2.30. The molecule has 0 spiro atoms. The summed E-state index contributed by atoms with van der Waals surface area (Å²) in [5.74, 6) is 0.640. The number of hydrogen-bond acceptors (Lipinski definition) is 4. The van der Waals surface area contributed by atoms with Crippen molar-refractivity contribution in [3.63, 3.8) is 0 Å². The highest BCUT2D eigenvalue weighted by atomic mass is 19.1. The number of hydrogen-bond donors (Lipinski definition) is 1. The van der Waals surface area contributed by atoms with Crippen LogP contribution in [0.15, 0.2) is 36.8 Å². The first-order chi connectivity index (χ1) is 11.2. The van der Waals surface area contributed by atoms with Crippen molar-refractivity contribution in [3.8, 4) is 11.1 Å². The Kier molecular flexibility index (Phi) is 3.46. The van der Waals surface area contributed by atoms with E-state index in [1.807, 2.05) is 18.5 Å². The lowest BCUT2D eigenvalue weighted by molar-refractivity contribution is 0.312. The summed E-state index contributed by atoms with van der Waals surface area (Å²) in [5, 5.41) is 0.792. The zero-order valence-electron chi connectivity index (χ0n) is 13.0. The summed E-state index contributed by atoms with van der Waals surface area (Å²) in [6.45, 7) is 4.01. The van der Waals surface area contributed by atoms with Crippen molar-refractivity contribution in [1.29, 1.82) is 0 Å². The number of halogens is 1. The molecule has 1 N–H and O–H groups in total. The Morgan fingerprint density at radius 1 is 1.13 bits per heavy atom. The van der Waals surface area contributed by atoms with Gasteiger partial charge in [0.2, 0.25) is 0 Å². The fourth-order valence-corrected chi connectivity index (χ4v) is 3.01. The number of nitrogens with zero attached hydrogens (tertiary/aromatic N) is 4. The van der Waals surface area contributed by atoms with Crippen molar-refractivity contribution in [2.75, 3.05) is 38.1 Å². The molecule has 118 valence electrons. The van der Waals surface area contributed by atoms with Gasteiger partial charge in [-0.1, -0.05) is 0 Å². The summed E-state index contributed by atoms with van der Waals surface area (Å²) in [6.07, 6.45) is 4.92. The van der Waals surface area contributed by atoms with Crippen LogP contribution in [0.5, 0.6) is 0 Å². The molecule has 3 aromatic heterocycles. The average molecular weight is 311 g/mol. The molecule has 3 aromatic rings. The van der Waals surface area contributed by atoms with Crippen molar-refractivity contribution < 1.29 is 4.39 Å². The van der Waals surface area contributed by atoms with Gasteiger partial charge in [0.15, 0.2) is 0 Å². The van der Waals surface area contributed by atoms with E-state index in [-0.39, 0.29) is 5.82 Å². The van der Waals surface area contributed by atoms with Gasteiger partial charge in [-0.2, -0.15) is 0 Å². The molecule has 0 atom stereocenters. The Morgan fingerprint density at radius 2 is 1.96 bits per heavy atom. The van der Waals surface area contributed by atoms with Gasteiger partial charge in [-0.15, -0.1) is 0 Å². The third-order valence-corrected chi connectivity index (χ3v) is 4.38. The van der Waals surface area contributed by atoms with Crippen LogP contribution in [0.1, 0.15) is 0 Å². The number of nitrogens with one attached hydrogen (secondary N) is 1. The predicted octanol–water partition coefficient (Wildman–Crippen LogP) is 2.52. The normalized spacial score (nSPS) is 16.2. The summed E-state index contributed by atoms with van der Waals surface area (Å²) in [7, 11) is 2.13. The van der Waals surface area contributed by atoms with Crippen LogP contribution in [0, 0.1) is 5.82 Å². The molecule has 0 saturated carbocycles. The molecule has 1 fully saturated rings. The summed E-state index contributed by atoms with van der Waals surface area (Å²) in [4.78, 5) is 16.3. The number of piperazine rings is 1. The van der Waals surface area contributed by atoms with Crippen LogP contribution in [-0.2, 0) is 0 Å². The quantitative estimate of drug-likeness (QED) is 0.790. The number of aromatic nitrogens is 3. The molecule has 23 heavy (non-hydrogen) atoms. The standard InChI is InChI=1S/C17H18FN5/c1-22-4-6-23(7-5-22)16-8-12(2-3-19-16)15-11-21-17-14(15)9-13(18)10-20-17/h2-3,8-11H,4-7H2,1H3,(H,20,21). The number of aromatic amines is 1. The lowest BCUT2D eigenvalue weighted by Crippen LogP contribution is -2.44. The molecule has 6 heteroatoms. The van der Waals surface area contributed by atoms with Gasteiger partial charge in [0.1, 0.15) is 17.3 Å². The van der Waals surface area contributed by atoms with Crippen LogP contribution in [0.3, 0.4) is 0 Å². The number of pyridine rings is 2. The van der Waals surface area contributed by atoms with E-state index >= 15 is 0 Å². The zero-order valence-corrected chi connectivity index (χ0v) is 13.0. The maximum Gasteiger partial charge on any atom is 0.142 e. The second kappa shape index (κ2) is 5.62. The van der Waals surface area contributed by atoms with Gasteiger partial charge in [0.25, 0.3) is 0 Å². The van der Waals surface area contributed by atoms with Gasteiger partial charge in [0.05, 0.1) is 6.20 Å². The number of fused-ring (bicyclic) bond motifs is 1. The Bertz CT molecular complexity index is 836. The second-order valence-electron chi connectivity index (χ2n) is 5.95. The molecule has 0 bridgehead atoms. The van der Waals surface area contributed by atoms with E-state index in [2.05, 4.69) is 37.9 Å². The minimum absolute atomic E-state index is 0.327. The maximum atomic E-state index is 13.5. The molecular weight excluding hydrogens is 293 g/mol. The first-order valence-corrected chi connectivity index (χ1v) is 7.73. The third kappa shape index (κ3) is 2.66. The van der Waals surface area contributed by atoms with Crippen molar-refractivity contribution in [2.24, 2.45) is 0 Å². The molecule has 0 aromatic carbocycles. The van der Waals surface area contributed by atoms with Crippen molar-refractivity contribution in [1.82, 2.24) is 19.9 Å². The van der Waals surface area contributed by atoms with E-state index in [0.29, 0.717) is 5.65 Å². The molecule has 5 nitrogen and oxygen atoms in total.